The molecule has 1 aromatic heterocycles. The zero-order chi connectivity index (χ0) is 16.7. The number of carbonyl (C=O) groups excluding carboxylic acids is 1. The number of amides is 1. The highest BCUT2D eigenvalue weighted by Gasteiger charge is 2.16. The van der Waals surface area contributed by atoms with Crippen LogP contribution >= 0.6 is 11.8 Å². The van der Waals surface area contributed by atoms with Crippen LogP contribution in [0.1, 0.15) is 28.2 Å². The lowest BCUT2D eigenvalue weighted by molar-refractivity contribution is 0.0955. The molecule has 0 atom stereocenters. The van der Waals surface area contributed by atoms with Crippen molar-refractivity contribution in [3.05, 3.63) is 53.3 Å². The van der Waals surface area contributed by atoms with Gasteiger partial charge in [-0.3, -0.25) is 4.79 Å². The molecular formula is C18H24N2O2S. The van der Waals surface area contributed by atoms with E-state index in [1.807, 2.05) is 50.2 Å². The minimum atomic E-state index is -0.0250. The minimum absolute atomic E-state index is 0.0250. The predicted octanol–water partition coefficient (Wildman–Crippen LogP) is 2.94. The summed E-state index contributed by atoms with van der Waals surface area (Å²) in [6, 6.07) is 12.0. The Morgan fingerprint density at radius 1 is 1.22 bits per heavy atom. The summed E-state index contributed by atoms with van der Waals surface area (Å²) in [6.45, 7) is 4.86. The number of thioether (sulfide) groups is 1. The fourth-order valence-electron chi connectivity index (χ4n) is 2.57. The molecule has 0 fully saturated rings. The van der Waals surface area contributed by atoms with Gasteiger partial charge in [0.05, 0.1) is 5.56 Å². The molecule has 0 bridgehead atoms. The summed E-state index contributed by atoms with van der Waals surface area (Å²) >= 11 is 1.74. The molecule has 1 heterocycles. The Labute approximate surface area is 141 Å². The third-order valence-corrected chi connectivity index (χ3v) is 4.74. The highest BCUT2D eigenvalue weighted by Crippen LogP contribution is 2.20. The van der Waals surface area contributed by atoms with Gasteiger partial charge in [0, 0.05) is 36.0 Å². The number of aromatic nitrogens is 1. The van der Waals surface area contributed by atoms with Gasteiger partial charge in [-0.05, 0) is 44.2 Å². The van der Waals surface area contributed by atoms with Crippen molar-refractivity contribution in [1.29, 1.82) is 0 Å². The highest BCUT2D eigenvalue weighted by molar-refractivity contribution is 7.99. The molecule has 2 rings (SSSR count). The van der Waals surface area contributed by atoms with Crippen LogP contribution in [0, 0.1) is 13.8 Å². The van der Waals surface area contributed by atoms with Crippen LogP contribution in [0.3, 0.4) is 0 Å². The number of benzene rings is 1. The summed E-state index contributed by atoms with van der Waals surface area (Å²) < 4.78 is 2.10. The monoisotopic (exact) mass is 332 g/mol. The maximum absolute atomic E-state index is 12.4. The number of hydrogen-bond acceptors (Lipinski definition) is 3. The van der Waals surface area contributed by atoms with Crippen molar-refractivity contribution >= 4 is 17.7 Å². The summed E-state index contributed by atoms with van der Waals surface area (Å²) in [5.41, 5.74) is 3.81. The third-order valence-electron chi connectivity index (χ3n) is 3.67. The second kappa shape index (κ2) is 8.79. The van der Waals surface area contributed by atoms with Gasteiger partial charge in [-0.2, -0.15) is 11.8 Å². The van der Waals surface area contributed by atoms with Gasteiger partial charge in [-0.25, -0.2) is 0 Å². The van der Waals surface area contributed by atoms with Crippen molar-refractivity contribution in [3.63, 3.8) is 0 Å². The predicted molar refractivity (Wildman–Crippen MR) is 96.6 cm³/mol. The number of nitrogens with zero attached hydrogens (tertiary/aromatic N) is 1. The van der Waals surface area contributed by atoms with Gasteiger partial charge in [0.15, 0.2) is 0 Å². The number of carbonyl (C=O) groups is 1. The van der Waals surface area contributed by atoms with Crippen LogP contribution < -0.4 is 5.32 Å². The van der Waals surface area contributed by atoms with E-state index in [1.165, 1.54) is 0 Å². The maximum Gasteiger partial charge on any atom is 0.253 e. The first-order valence-electron chi connectivity index (χ1n) is 7.86. The van der Waals surface area contributed by atoms with Crippen molar-refractivity contribution in [3.8, 4) is 5.69 Å². The van der Waals surface area contributed by atoms with E-state index in [2.05, 4.69) is 9.88 Å². The summed E-state index contributed by atoms with van der Waals surface area (Å²) in [5, 5.41) is 11.7. The third kappa shape index (κ3) is 4.62. The molecule has 0 spiro atoms. The molecule has 1 amide bonds. The first-order valence-corrected chi connectivity index (χ1v) is 9.01. The molecule has 2 aromatic rings. The summed E-state index contributed by atoms with van der Waals surface area (Å²) in [4.78, 5) is 12.4. The van der Waals surface area contributed by atoms with Crippen molar-refractivity contribution < 1.29 is 9.90 Å². The van der Waals surface area contributed by atoms with Gasteiger partial charge in [0.2, 0.25) is 0 Å². The van der Waals surface area contributed by atoms with E-state index in [0.29, 0.717) is 6.54 Å². The van der Waals surface area contributed by atoms with Crippen molar-refractivity contribution in [2.45, 2.75) is 20.3 Å². The van der Waals surface area contributed by atoms with Crippen LogP contribution in [0.5, 0.6) is 0 Å². The quantitative estimate of drug-likeness (QED) is 0.731. The average Bonchev–Trinajstić information content (AvgIpc) is 2.86. The van der Waals surface area contributed by atoms with E-state index < -0.39 is 0 Å². The lowest BCUT2D eigenvalue weighted by atomic mass is 10.2. The van der Waals surface area contributed by atoms with E-state index in [9.17, 15) is 4.79 Å². The molecule has 2 N–H and O–H groups in total. The molecular weight excluding hydrogens is 308 g/mol. The molecule has 0 aliphatic heterocycles. The van der Waals surface area contributed by atoms with Gasteiger partial charge >= 0.3 is 0 Å². The first-order chi connectivity index (χ1) is 11.1. The van der Waals surface area contributed by atoms with Crippen LogP contribution in [0.15, 0.2) is 36.4 Å². The van der Waals surface area contributed by atoms with E-state index >= 15 is 0 Å². The largest absolute Gasteiger partial charge is 0.396 e. The number of hydrogen-bond donors (Lipinski definition) is 2. The number of para-hydroxylation sites is 1. The molecule has 0 aliphatic carbocycles. The van der Waals surface area contributed by atoms with E-state index in [1.54, 1.807) is 11.8 Å². The van der Waals surface area contributed by atoms with Crippen LogP contribution in [0.4, 0.5) is 0 Å². The zero-order valence-corrected chi connectivity index (χ0v) is 14.5. The second-order valence-electron chi connectivity index (χ2n) is 5.40. The number of nitrogens with one attached hydrogen (secondary N) is 1. The number of rotatable bonds is 8. The topological polar surface area (TPSA) is 54.3 Å². The Hall–Kier alpha value is -1.72. The number of aliphatic hydroxyl groups is 1. The Morgan fingerprint density at radius 2 is 1.96 bits per heavy atom. The van der Waals surface area contributed by atoms with Crippen molar-refractivity contribution in [2.24, 2.45) is 0 Å². The van der Waals surface area contributed by atoms with Crippen molar-refractivity contribution in [1.82, 2.24) is 9.88 Å². The molecule has 124 valence electrons. The number of aliphatic hydroxyl groups excluding tert-OH is 1. The Kier molecular flexibility index (Phi) is 6.74. The Bertz CT molecular complexity index is 638. The smallest absolute Gasteiger partial charge is 0.253 e. The lowest BCUT2D eigenvalue weighted by Crippen LogP contribution is -2.26. The Morgan fingerprint density at radius 3 is 2.65 bits per heavy atom. The molecule has 5 heteroatoms. The fraction of sp³-hybridized carbons (Fsp3) is 0.389. The molecule has 0 aliphatic rings. The SMILES string of the molecule is Cc1cc(C(=O)NCCSCCCO)c(C)n1-c1ccccc1. The normalized spacial score (nSPS) is 10.7. The van der Waals surface area contributed by atoms with Crippen LogP contribution in [0.2, 0.25) is 0 Å². The van der Waals surface area contributed by atoms with Crippen LogP contribution in [-0.2, 0) is 0 Å². The lowest BCUT2D eigenvalue weighted by Gasteiger charge is -2.10. The Balaban J connectivity index is 1.99. The van der Waals surface area contributed by atoms with Gasteiger partial charge in [-0.1, -0.05) is 18.2 Å². The molecule has 0 saturated heterocycles. The van der Waals surface area contributed by atoms with Gasteiger partial charge < -0.3 is 15.0 Å². The first kappa shape index (κ1) is 17.6. The van der Waals surface area contributed by atoms with Gasteiger partial charge in [-0.15, -0.1) is 0 Å². The zero-order valence-electron chi connectivity index (χ0n) is 13.7. The summed E-state index contributed by atoms with van der Waals surface area (Å²) in [6.07, 6.45) is 0.802. The fourth-order valence-corrected chi connectivity index (χ4v) is 3.35. The summed E-state index contributed by atoms with van der Waals surface area (Å²) in [7, 11) is 0. The average molecular weight is 332 g/mol. The molecule has 0 radical (unpaired) electrons. The van der Waals surface area contributed by atoms with Crippen molar-refractivity contribution in [2.75, 3.05) is 24.7 Å². The molecule has 23 heavy (non-hydrogen) atoms. The highest BCUT2D eigenvalue weighted by atomic mass is 32.2. The van der Waals surface area contributed by atoms with E-state index in [4.69, 9.17) is 5.11 Å². The summed E-state index contributed by atoms with van der Waals surface area (Å²) in [5.74, 6) is 1.76. The van der Waals surface area contributed by atoms with Gasteiger partial charge in [0.1, 0.15) is 0 Å². The standard InChI is InChI=1S/C18H24N2O2S/c1-14-13-17(18(22)19-9-12-23-11-6-10-21)15(2)20(14)16-7-4-3-5-8-16/h3-5,7-8,13,21H,6,9-12H2,1-2H3,(H,19,22). The van der Waals surface area contributed by atoms with E-state index in [0.717, 1.165) is 40.6 Å². The van der Waals surface area contributed by atoms with E-state index in [-0.39, 0.29) is 12.5 Å². The molecule has 0 unspecified atom stereocenters. The minimum Gasteiger partial charge on any atom is -0.396 e. The van der Waals surface area contributed by atoms with Gasteiger partial charge in [0.25, 0.3) is 5.91 Å². The maximum atomic E-state index is 12.4. The second-order valence-corrected chi connectivity index (χ2v) is 6.63. The van der Waals surface area contributed by atoms with Crippen LogP contribution in [0.25, 0.3) is 5.69 Å². The molecule has 1 aromatic carbocycles. The molecule has 0 saturated carbocycles. The number of aryl methyl sites for hydroxylation is 1. The molecule has 4 nitrogen and oxygen atoms in total. The van der Waals surface area contributed by atoms with Crippen LogP contribution in [-0.4, -0.2) is 40.2 Å².